The van der Waals surface area contributed by atoms with Gasteiger partial charge in [-0.25, -0.2) is 0 Å². The second-order valence-corrected chi connectivity index (χ2v) is 28.2. The molecule has 22 heteroatoms. The van der Waals surface area contributed by atoms with E-state index in [1.165, 1.54) is 23.6 Å². The summed E-state index contributed by atoms with van der Waals surface area (Å²) in [6.45, 7) is 11.6. The number of ether oxygens (including phenoxy) is 6. The van der Waals surface area contributed by atoms with Gasteiger partial charge in [0.25, 0.3) is 0 Å². The summed E-state index contributed by atoms with van der Waals surface area (Å²) in [5.74, 6) is 4.45. The monoisotopic (exact) mass is 1680 g/mol. The van der Waals surface area contributed by atoms with Gasteiger partial charge in [-0.05, 0) is 310 Å². The van der Waals surface area contributed by atoms with Crippen LogP contribution in [0.2, 0.25) is 0 Å². The molecule has 0 N–H and O–H groups in total. The van der Waals surface area contributed by atoms with Gasteiger partial charge in [0.2, 0.25) is 0 Å². The summed E-state index contributed by atoms with van der Waals surface area (Å²) in [5.41, 5.74) is 13.8. The van der Waals surface area contributed by atoms with Crippen molar-refractivity contribution in [3.63, 3.8) is 0 Å². The van der Waals surface area contributed by atoms with Gasteiger partial charge in [-0.1, -0.05) is 175 Å². The molecule has 0 bridgehead atoms. The van der Waals surface area contributed by atoms with Gasteiger partial charge < -0.3 is 28.4 Å². The highest BCUT2D eigenvalue weighted by Crippen LogP contribution is 2.56. The zero-order valence-corrected chi connectivity index (χ0v) is 68.2. The molecule has 0 heterocycles. The molecule has 0 amide bonds. The average Bonchev–Trinajstić information content (AvgIpc) is 0.707. The summed E-state index contributed by atoms with van der Waals surface area (Å²) in [7, 11) is 7.86. The predicted octanol–water partition coefficient (Wildman–Crippen LogP) is 32.4. The largest absolute Gasteiger partial charge is 0.497 e. The molecule has 6 nitrogen and oxygen atoms in total. The number of hydrogen-bond acceptors (Lipinski definition) is 6. The van der Waals surface area contributed by atoms with Crippen LogP contribution in [0.1, 0.15) is 49.9 Å². The first-order chi connectivity index (χ1) is 59.1. The molecule has 16 aromatic carbocycles. The number of aryl methyl sites for hydroxylation is 2. The lowest BCUT2D eigenvalue weighted by Crippen LogP contribution is -2.06. The standard InChI is InChI=1S/C52H42F6O2.C46H36O4.2CH3F.4F2/c1-29(2)59-40-19-17-34(18-20-40)46-42-22-21-41(60-30(3)4)27-37(42)28-45-47(35-9-7-11-38(25-35)51(53,54)55)49-43(33-15-13-31(5)14-16-33)23-32(6)24-44(49)48(50(45)46)36-10-8-12-39(26-36)52(56,57)58;1-47-34-19-15-29(16-20-34)39-27-37(50-4)28-41-44(31-13-9-6-10-14-31)46-40(43(45(39)41)30-11-7-5-8-12-30)26-33-25-36(49-3)23-24-38(33)42(46)32-17-21-35(48-2)22-18-32;6*1-2/h7-30H,1-6H3;5-28H,1-4H3;2*1H3;;;;. The van der Waals surface area contributed by atoms with Crippen LogP contribution >= 0.6 is 0 Å². The van der Waals surface area contributed by atoms with E-state index in [1.807, 2.05) is 157 Å². The molecule has 0 spiro atoms. The fourth-order valence-electron chi connectivity index (χ4n) is 15.5. The average molecular weight is 1690 g/mol. The van der Waals surface area contributed by atoms with E-state index in [4.69, 9.17) is 65.0 Å². The third kappa shape index (κ3) is 19.9. The molecular formula is C100H84F16O6. The van der Waals surface area contributed by atoms with Crippen LogP contribution in [-0.4, -0.2) is 55.0 Å². The summed E-state index contributed by atoms with van der Waals surface area (Å²) in [5, 5.41) is 10.7. The zero-order valence-electron chi connectivity index (χ0n) is 68.2. The molecule has 0 aliphatic heterocycles. The van der Waals surface area contributed by atoms with Gasteiger partial charge in [0, 0.05) is 36.6 Å². The molecule has 0 aliphatic carbocycles. The van der Waals surface area contributed by atoms with E-state index < -0.39 is 23.5 Å². The summed E-state index contributed by atoms with van der Waals surface area (Å²) in [4.78, 5) is 0. The van der Waals surface area contributed by atoms with Crippen molar-refractivity contribution in [1.29, 1.82) is 0 Å². The first kappa shape index (κ1) is 92.6. The molecule has 0 aliphatic rings. The number of rotatable bonds is 16. The Bertz CT molecular complexity index is 6190. The highest BCUT2D eigenvalue weighted by atomic mass is 20.0. The molecule has 16 aromatic rings. The Balaban J connectivity index is 0.000000250. The molecule has 632 valence electrons. The number of fused-ring (bicyclic) bond motifs is 6. The van der Waals surface area contributed by atoms with E-state index in [-0.39, 0.29) is 12.2 Å². The fraction of sp³-hybridized carbons (Fsp3) is 0.160. The Hall–Kier alpha value is -13.2. The van der Waals surface area contributed by atoms with Crippen LogP contribution in [0.3, 0.4) is 0 Å². The van der Waals surface area contributed by atoms with Gasteiger partial charge in [0.1, 0.15) is 34.5 Å². The Morgan fingerprint density at radius 2 is 0.549 bits per heavy atom. The minimum Gasteiger partial charge on any atom is -0.497 e. The van der Waals surface area contributed by atoms with Crippen LogP contribution in [0.5, 0.6) is 34.5 Å². The van der Waals surface area contributed by atoms with E-state index in [2.05, 4.69) is 115 Å². The second kappa shape index (κ2) is 42.1. The lowest BCUT2D eigenvalue weighted by Gasteiger charge is -2.25. The number of methoxy groups -OCH3 is 4. The molecule has 122 heavy (non-hydrogen) atoms. The van der Waals surface area contributed by atoms with Gasteiger partial charge in [0.15, 0.2) is 0 Å². The highest BCUT2D eigenvalue weighted by molar-refractivity contribution is 6.33. The fourth-order valence-corrected chi connectivity index (χ4v) is 15.5. The van der Waals surface area contributed by atoms with Crippen molar-refractivity contribution < 1.29 is 100 Å². The van der Waals surface area contributed by atoms with Gasteiger partial charge in [-0.3, -0.25) is 8.78 Å². The van der Waals surface area contributed by atoms with Crippen LogP contribution in [0.25, 0.3) is 154 Å². The topological polar surface area (TPSA) is 55.4 Å². The van der Waals surface area contributed by atoms with E-state index >= 15 is 0 Å². The maximum Gasteiger partial charge on any atom is 0.416 e. The minimum atomic E-state index is -4.64. The van der Waals surface area contributed by atoms with Crippen molar-refractivity contribution in [2.24, 2.45) is 0 Å². The predicted molar refractivity (Wildman–Crippen MR) is 462 cm³/mol. The van der Waals surface area contributed by atoms with Crippen molar-refractivity contribution in [3.05, 3.63) is 301 Å². The molecular weight excluding hydrogens is 1600 g/mol. The third-order valence-electron chi connectivity index (χ3n) is 20.3. The van der Waals surface area contributed by atoms with E-state index in [1.54, 1.807) is 40.6 Å². The van der Waals surface area contributed by atoms with Gasteiger partial charge >= 0.3 is 12.4 Å². The van der Waals surface area contributed by atoms with Crippen molar-refractivity contribution in [2.75, 3.05) is 42.8 Å². The number of benzene rings is 16. The lowest BCUT2D eigenvalue weighted by atomic mass is 9.78. The summed E-state index contributed by atoms with van der Waals surface area (Å²) in [6, 6.07) is 88.8. The Morgan fingerprint density at radius 3 is 0.967 bits per heavy atom. The molecule has 0 radical (unpaired) electrons. The van der Waals surface area contributed by atoms with Gasteiger partial charge in [-0.15, -0.1) is 0 Å². The van der Waals surface area contributed by atoms with E-state index in [0.29, 0.717) is 75.2 Å². The Morgan fingerprint density at radius 1 is 0.238 bits per heavy atom. The number of alkyl halides is 8. The Labute approximate surface area is 695 Å². The van der Waals surface area contributed by atoms with Crippen LogP contribution in [0.15, 0.2) is 279 Å². The van der Waals surface area contributed by atoms with Crippen LogP contribution < -0.4 is 28.4 Å². The first-order valence-corrected chi connectivity index (χ1v) is 37.8. The number of hydrogen-bond donors (Lipinski definition) is 0. The smallest absolute Gasteiger partial charge is 0.416 e. The molecule has 0 fully saturated rings. The van der Waals surface area contributed by atoms with Gasteiger partial charge in [-0.2, -0.15) is 26.3 Å². The van der Waals surface area contributed by atoms with E-state index in [9.17, 15) is 35.1 Å². The molecule has 0 saturated carbocycles. The molecule has 16 rings (SSSR count). The summed E-state index contributed by atoms with van der Waals surface area (Å²) >= 11 is 0. The quantitative estimate of drug-likeness (QED) is 0.0710. The normalized spacial score (nSPS) is 10.9. The maximum absolute atomic E-state index is 14.6. The van der Waals surface area contributed by atoms with E-state index in [0.717, 1.165) is 151 Å². The van der Waals surface area contributed by atoms with Crippen molar-refractivity contribution in [2.45, 2.75) is 66.1 Å². The van der Waals surface area contributed by atoms with Crippen LogP contribution in [0, 0.1) is 13.8 Å². The van der Waals surface area contributed by atoms with Crippen LogP contribution in [0.4, 0.5) is 71.7 Å². The van der Waals surface area contributed by atoms with Crippen molar-refractivity contribution in [1.82, 2.24) is 0 Å². The minimum absolute atomic E-state index is 0.0894. The highest BCUT2D eigenvalue weighted by Gasteiger charge is 2.34. The maximum atomic E-state index is 14.6. The van der Waals surface area contributed by atoms with Gasteiger partial charge in [0.05, 0.1) is 66.1 Å². The summed E-state index contributed by atoms with van der Waals surface area (Å²) in [6.07, 6.45) is -9.52. The van der Waals surface area contributed by atoms with Crippen molar-refractivity contribution in [3.8, 4) is 124 Å². The molecule has 0 saturated heterocycles. The number of halogens is 16. The second-order valence-electron chi connectivity index (χ2n) is 28.2. The third-order valence-corrected chi connectivity index (χ3v) is 20.3. The van der Waals surface area contributed by atoms with Crippen LogP contribution in [-0.2, 0) is 12.4 Å². The Kier molecular flexibility index (Phi) is 32.0. The van der Waals surface area contributed by atoms with Crippen molar-refractivity contribution >= 4 is 64.6 Å². The SMILES string of the molecule is CF.CF.COc1ccc(-c2cc(OC)cc3c(-c4ccccc4)c4c(-c5ccc(OC)cc5)c5ccc(OC)cc5cc4c(-c4ccccc4)c23)cc1.Cc1ccc(-c2cc(C)cc3c(-c4cccc(C(F)(F)F)c4)c4c(-c5ccc(OC(C)C)cc5)c5ccc(OC(C)C)cc5cc4c(-c4cccc(C(F)(F)F)c4)c23)cc1.FF.FF.FF.FF. The lowest BCUT2D eigenvalue weighted by molar-refractivity contribution is -0.138. The first-order valence-electron chi connectivity index (χ1n) is 37.8. The molecule has 0 unspecified atom stereocenters. The molecule has 0 atom stereocenters. The molecule has 0 aromatic heterocycles. The summed E-state index contributed by atoms with van der Waals surface area (Å²) < 4.78 is 206. The zero-order chi connectivity index (χ0) is 88.9.